The van der Waals surface area contributed by atoms with Crippen molar-refractivity contribution in [3.05, 3.63) is 80.9 Å². The smallest absolute Gasteiger partial charge is 0.306 e. The molecule has 12 nitrogen and oxygen atoms in total. The van der Waals surface area contributed by atoms with Crippen LogP contribution in [0.25, 0.3) is 11.1 Å². The number of rotatable bonds is 9. The van der Waals surface area contributed by atoms with Crippen molar-refractivity contribution < 1.29 is 19.5 Å². The topological polar surface area (TPSA) is 138 Å². The third-order valence-corrected chi connectivity index (χ3v) is 12.1. The number of benzene rings is 2. The van der Waals surface area contributed by atoms with Gasteiger partial charge in [-0.05, 0) is 57.6 Å². The molecule has 0 bridgehead atoms. The number of hydrogen-bond donors (Lipinski definition) is 3. The number of carboxylic acid groups (broad SMARTS) is 1. The fourth-order valence-corrected chi connectivity index (χ4v) is 8.67. The van der Waals surface area contributed by atoms with E-state index in [1.54, 1.807) is 24.3 Å². The van der Waals surface area contributed by atoms with Gasteiger partial charge in [-0.2, -0.15) is 0 Å². The lowest BCUT2D eigenvalue weighted by Gasteiger charge is -2.33. The lowest BCUT2D eigenvalue weighted by Crippen LogP contribution is -2.36. The first-order valence-electron chi connectivity index (χ1n) is 18.4. The van der Waals surface area contributed by atoms with Crippen molar-refractivity contribution >= 4 is 52.4 Å². The van der Waals surface area contributed by atoms with Gasteiger partial charge in [-0.1, -0.05) is 47.5 Å². The molecule has 4 aromatic rings. The van der Waals surface area contributed by atoms with Gasteiger partial charge in [0.15, 0.2) is 11.6 Å². The van der Waals surface area contributed by atoms with Gasteiger partial charge in [-0.3, -0.25) is 24.2 Å². The lowest BCUT2D eigenvalue weighted by molar-refractivity contribution is -0.143. The van der Waals surface area contributed by atoms with Crippen LogP contribution in [0, 0.1) is 11.8 Å². The first-order valence-corrected chi connectivity index (χ1v) is 19.1. The third-order valence-electron chi connectivity index (χ3n) is 11.3. The summed E-state index contributed by atoms with van der Waals surface area (Å²) in [7, 11) is 3.73. The molecular weight excluding hydrogens is 715 g/mol. The van der Waals surface area contributed by atoms with Crippen LogP contribution >= 0.6 is 23.2 Å². The highest BCUT2D eigenvalue weighted by atomic mass is 35.5. The number of carbonyl (C=O) groups excluding carboxylic acids is 2. The van der Waals surface area contributed by atoms with Crippen LogP contribution in [0.2, 0.25) is 10.0 Å². The van der Waals surface area contributed by atoms with Gasteiger partial charge < -0.3 is 24.9 Å². The molecule has 0 unspecified atom stereocenters. The van der Waals surface area contributed by atoms with Gasteiger partial charge in [0.2, 0.25) is 0 Å². The standard InChI is InChI=1S/C39H46Cl2N8O4/c1-22(2)49-18-16-32-30(21-49)43-36(47(32)4)38(51)45-28-10-6-8-26(34(28)41)25-7-5-9-27(33(25)40)44-37(50)35-42-29-20-48(17-15-31(29)46(35)3)19-23-11-13-24(14-12-23)39(52)53/h5-10,22-24H,11-21H2,1-4H3,(H,44,50)(H,45,51)(H,52,53)/t23-,24+. The normalized spacial score (nSPS) is 19.2. The molecule has 2 aromatic heterocycles. The molecule has 53 heavy (non-hydrogen) atoms. The molecule has 3 aliphatic rings. The predicted molar refractivity (Wildman–Crippen MR) is 206 cm³/mol. The van der Waals surface area contributed by atoms with Crippen molar-refractivity contribution in [2.45, 2.75) is 71.5 Å². The molecule has 0 saturated heterocycles. The van der Waals surface area contributed by atoms with E-state index in [1.165, 1.54) is 0 Å². The molecule has 280 valence electrons. The van der Waals surface area contributed by atoms with Crippen LogP contribution < -0.4 is 10.6 Å². The Labute approximate surface area is 319 Å². The maximum Gasteiger partial charge on any atom is 0.306 e. The molecule has 7 rings (SSSR count). The lowest BCUT2D eigenvalue weighted by atomic mass is 9.81. The average Bonchev–Trinajstić information content (AvgIpc) is 3.65. The second kappa shape index (κ2) is 15.3. The van der Waals surface area contributed by atoms with E-state index in [0.717, 1.165) is 80.9 Å². The van der Waals surface area contributed by atoms with Crippen LogP contribution in [0.15, 0.2) is 36.4 Å². The number of aliphatic carboxylic acids is 1. The van der Waals surface area contributed by atoms with Crippen molar-refractivity contribution in [1.82, 2.24) is 28.9 Å². The number of anilines is 2. The fourth-order valence-electron chi connectivity index (χ4n) is 8.12. The van der Waals surface area contributed by atoms with Crippen molar-refractivity contribution in [1.29, 1.82) is 0 Å². The molecule has 0 spiro atoms. The number of amides is 2. The highest BCUT2D eigenvalue weighted by Gasteiger charge is 2.31. The van der Waals surface area contributed by atoms with E-state index in [4.69, 9.17) is 33.2 Å². The van der Waals surface area contributed by atoms with Crippen molar-refractivity contribution in [3.8, 4) is 11.1 Å². The zero-order valence-electron chi connectivity index (χ0n) is 30.6. The summed E-state index contributed by atoms with van der Waals surface area (Å²) in [4.78, 5) is 52.7. The number of imidazole rings is 2. The molecule has 0 radical (unpaired) electrons. The maximum atomic E-state index is 13.7. The highest BCUT2D eigenvalue weighted by Crippen LogP contribution is 2.40. The Bertz CT molecular complexity index is 2070. The monoisotopic (exact) mass is 760 g/mol. The van der Waals surface area contributed by atoms with Crippen LogP contribution in [-0.4, -0.2) is 77.5 Å². The summed E-state index contributed by atoms with van der Waals surface area (Å²) in [6.45, 7) is 8.36. The summed E-state index contributed by atoms with van der Waals surface area (Å²) in [5, 5.41) is 15.9. The number of halogens is 2. The first kappa shape index (κ1) is 37.1. The van der Waals surface area contributed by atoms with Crippen molar-refractivity contribution in [3.63, 3.8) is 0 Å². The minimum atomic E-state index is -0.685. The SMILES string of the molecule is CC(C)N1CCc2c(nc(C(=O)Nc3cccc(-c4cccc(NC(=O)c5nc6c(n5C)CCN(C[C@H]5CC[C@@H](C(=O)O)CC5)C6)c4Cl)c3Cl)n2C)C1. The number of nitrogens with zero attached hydrogens (tertiary/aromatic N) is 6. The molecule has 3 N–H and O–H groups in total. The van der Waals surface area contributed by atoms with E-state index in [1.807, 2.05) is 35.4 Å². The van der Waals surface area contributed by atoms with Gasteiger partial charge >= 0.3 is 5.97 Å². The molecule has 1 saturated carbocycles. The molecule has 2 amide bonds. The number of nitrogens with one attached hydrogen (secondary N) is 2. The summed E-state index contributed by atoms with van der Waals surface area (Å²) in [5.41, 5.74) is 5.94. The molecule has 1 aliphatic carbocycles. The van der Waals surface area contributed by atoms with Crippen molar-refractivity contribution in [2.75, 3.05) is 30.3 Å². The van der Waals surface area contributed by atoms with E-state index in [2.05, 4.69) is 34.3 Å². The largest absolute Gasteiger partial charge is 0.481 e. The quantitative estimate of drug-likeness (QED) is 0.173. The van der Waals surface area contributed by atoms with Gasteiger partial charge in [0, 0.05) is 88.2 Å². The number of hydrogen-bond acceptors (Lipinski definition) is 7. The second-order valence-electron chi connectivity index (χ2n) is 14.9. The number of carboxylic acids is 1. The zero-order valence-corrected chi connectivity index (χ0v) is 32.1. The van der Waals surface area contributed by atoms with Gasteiger partial charge in [-0.25, -0.2) is 9.97 Å². The third kappa shape index (κ3) is 7.47. The summed E-state index contributed by atoms with van der Waals surface area (Å²) in [6, 6.07) is 11.1. The highest BCUT2D eigenvalue weighted by molar-refractivity contribution is 6.40. The molecule has 4 heterocycles. The van der Waals surface area contributed by atoms with E-state index in [-0.39, 0.29) is 17.7 Å². The second-order valence-corrected chi connectivity index (χ2v) is 15.6. The van der Waals surface area contributed by atoms with E-state index >= 15 is 0 Å². The van der Waals surface area contributed by atoms with Crippen LogP contribution in [-0.2, 0) is 44.8 Å². The summed E-state index contributed by atoms with van der Waals surface area (Å²) >= 11 is 13.9. The van der Waals surface area contributed by atoms with Gasteiger partial charge in [0.05, 0.1) is 38.7 Å². The fraction of sp³-hybridized carbons (Fsp3) is 0.462. The minimum Gasteiger partial charge on any atom is -0.481 e. The molecule has 2 aromatic carbocycles. The Balaban J connectivity index is 1.04. The number of aromatic nitrogens is 4. The molecule has 0 atom stereocenters. The molecule has 1 fully saturated rings. The number of carbonyl (C=O) groups is 3. The van der Waals surface area contributed by atoms with Gasteiger partial charge in [-0.15, -0.1) is 0 Å². The van der Waals surface area contributed by atoms with E-state index in [0.29, 0.717) is 69.2 Å². The van der Waals surface area contributed by atoms with E-state index in [9.17, 15) is 19.5 Å². The minimum absolute atomic E-state index is 0.222. The Morgan fingerprint density at radius 3 is 1.81 bits per heavy atom. The Morgan fingerprint density at radius 1 is 0.792 bits per heavy atom. The first-order chi connectivity index (χ1) is 25.4. The predicted octanol–water partition coefficient (Wildman–Crippen LogP) is 6.65. The molecule has 14 heteroatoms. The maximum absolute atomic E-state index is 13.7. The summed E-state index contributed by atoms with van der Waals surface area (Å²) in [5.74, 6) is -0.533. The molecular formula is C39H46Cl2N8O4. The zero-order chi connectivity index (χ0) is 37.6. The van der Waals surface area contributed by atoms with Crippen LogP contribution in [0.3, 0.4) is 0 Å². The van der Waals surface area contributed by atoms with Gasteiger partial charge in [0.25, 0.3) is 11.8 Å². The Hall–Kier alpha value is -4.23. The summed E-state index contributed by atoms with van der Waals surface area (Å²) < 4.78 is 3.73. The van der Waals surface area contributed by atoms with Crippen LogP contribution in [0.5, 0.6) is 0 Å². The Kier molecular flexibility index (Phi) is 10.7. The Morgan fingerprint density at radius 2 is 1.30 bits per heavy atom. The average molecular weight is 762 g/mol. The number of fused-ring (bicyclic) bond motifs is 2. The van der Waals surface area contributed by atoms with Crippen LogP contribution in [0.1, 0.15) is 83.5 Å². The molecule has 2 aliphatic heterocycles. The van der Waals surface area contributed by atoms with Crippen molar-refractivity contribution in [2.24, 2.45) is 25.9 Å². The summed E-state index contributed by atoms with van der Waals surface area (Å²) in [6.07, 6.45) is 4.91. The van der Waals surface area contributed by atoms with Crippen LogP contribution in [0.4, 0.5) is 11.4 Å². The van der Waals surface area contributed by atoms with E-state index < -0.39 is 5.97 Å². The van der Waals surface area contributed by atoms with Gasteiger partial charge in [0.1, 0.15) is 0 Å².